The lowest BCUT2D eigenvalue weighted by Gasteiger charge is -2.27. The molecule has 2 nitrogen and oxygen atoms in total. The van der Waals surface area contributed by atoms with E-state index < -0.39 is 0 Å². The van der Waals surface area contributed by atoms with E-state index in [1.54, 1.807) is 24.0 Å². The average Bonchev–Trinajstić information content (AvgIpc) is 2.74. The van der Waals surface area contributed by atoms with Crippen LogP contribution in [0.1, 0.15) is 32.6 Å². The fraction of sp³-hybridized carbons (Fsp3) is 0.462. The third kappa shape index (κ3) is 2.23. The van der Waals surface area contributed by atoms with Gasteiger partial charge in [-0.15, -0.1) is 0 Å². The largest absolute Gasteiger partial charge is 0.310 e. The third-order valence-corrected chi connectivity index (χ3v) is 3.13. The minimum Gasteiger partial charge on any atom is -0.310 e. The van der Waals surface area contributed by atoms with Gasteiger partial charge >= 0.3 is 0 Å². The van der Waals surface area contributed by atoms with Crippen molar-refractivity contribution in [2.24, 2.45) is 0 Å². The number of nitrogens with zero attached hydrogens (tertiary/aromatic N) is 1. The zero-order chi connectivity index (χ0) is 11.5. The zero-order valence-electron chi connectivity index (χ0n) is 9.45. The summed E-state index contributed by atoms with van der Waals surface area (Å²) in [5.74, 6) is -0.225. The summed E-state index contributed by atoms with van der Waals surface area (Å²) < 4.78 is 12.8. The average molecular weight is 221 g/mol. The number of carbonyl (C=O) groups is 1. The highest BCUT2D eigenvalue weighted by atomic mass is 19.1. The fourth-order valence-corrected chi connectivity index (χ4v) is 2.41. The molecule has 0 radical (unpaired) electrons. The van der Waals surface area contributed by atoms with E-state index in [4.69, 9.17) is 0 Å². The standard InChI is InChI=1S/C13H16FNO/c1-10(16)15(12-4-2-3-5-12)13-8-6-11(14)7-9-13/h6-9,12H,2-5H2,1H3. The van der Waals surface area contributed by atoms with Crippen LogP contribution >= 0.6 is 0 Å². The summed E-state index contributed by atoms with van der Waals surface area (Å²) in [5.41, 5.74) is 0.806. The summed E-state index contributed by atoms with van der Waals surface area (Å²) in [6, 6.07) is 6.45. The molecule has 0 aromatic heterocycles. The van der Waals surface area contributed by atoms with E-state index in [1.165, 1.54) is 25.0 Å². The van der Waals surface area contributed by atoms with Crippen LogP contribution in [0.15, 0.2) is 24.3 Å². The van der Waals surface area contributed by atoms with Crippen molar-refractivity contribution in [2.45, 2.75) is 38.6 Å². The molecule has 86 valence electrons. The van der Waals surface area contributed by atoms with Crippen LogP contribution in [0.25, 0.3) is 0 Å². The van der Waals surface area contributed by atoms with E-state index in [0.29, 0.717) is 6.04 Å². The number of amides is 1. The minimum absolute atomic E-state index is 0.0403. The van der Waals surface area contributed by atoms with Gasteiger partial charge in [-0.05, 0) is 37.1 Å². The van der Waals surface area contributed by atoms with Gasteiger partial charge in [-0.2, -0.15) is 0 Å². The summed E-state index contributed by atoms with van der Waals surface area (Å²) in [6.07, 6.45) is 4.46. The molecule has 2 rings (SSSR count). The van der Waals surface area contributed by atoms with Crippen molar-refractivity contribution in [1.82, 2.24) is 0 Å². The maximum Gasteiger partial charge on any atom is 0.224 e. The summed E-state index contributed by atoms with van der Waals surface area (Å²) >= 11 is 0. The Labute approximate surface area is 95.1 Å². The normalized spacial score (nSPS) is 16.4. The van der Waals surface area contributed by atoms with Gasteiger partial charge in [-0.1, -0.05) is 12.8 Å². The lowest BCUT2D eigenvalue weighted by Crippen LogP contribution is -2.37. The summed E-state index contributed by atoms with van der Waals surface area (Å²) in [4.78, 5) is 13.4. The summed E-state index contributed by atoms with van der Waals surface area (Å²) in [6.45, 7) is 1.57. The molecule has 0 aliphatic heterocycles. The van der Waals surface area contributed by atoms with Crippen molar-refractivity contribution in [3.05, 3.63) is 30.1 Å². The van der Waals surface area contributed by atoms with E-state index in [-0.39, 0.29) is 11.7 Å². The Hall–Kier alpha value is -1.38. The van der Waals surface area contributed by atoms with Gasteiger partial charge in [0.05, 0.1) is 0 Å². The first-order valence-electron chi connectivity index (χ1n) is 5.74. The molecule has 1 aliphatic carbocycles. The van der Waals surface area contributed by atoms with Crippen LogP contribution in [0.2, 0.25) is 0 Å². The molecule has 1 aromatic rings. The second kappa shape index (κ2) is 4.64. The Balaban J connectivity index is 2.24. The Bertz CT molecular complexity index is 368. The molecule has 1 aliphatic rings. The van der Waals surface area contributed by atoms with Crippen molar-refractivity contribution < 1.29 is 9.18 Å². The van der Waals surface area contributed by atoms with Gasteiger partial charge in [0.2, 0.25) is 5.91 Å². The lowest BCUT2D eigenvalue weighted by atomic mass is 10.1. The molecule has 1 saturated carbocycles. The zero-order valence-corrected chi connectivity index (χ0v) is 9.45. The minimum atomic E-state index is -0.265. The molecule has 0 atom stereocenters. The Morgan fingerprint density at radius 1 is 1.25 bits per heavy atom. The maximum atomic E-state index is 12.8. The monoisotopic (exact) mass is 221 g/mol. The van der Waals surface area contributed by atoms with Crippen LogP contribution in [0.4, 0.5) is 10.1 Å². The van der Waals surface area contributed by atoms with Gasteiger partial charge in [0, 0.05) is 18.7 Å². The Morgan fingerprint density at radius 2 is 1.81 bits per heavy atom. The summed E-state index contributed by atoms with van der Waals surface area (Å²) in [7, 11) is 0. The molecular weight excluding hydrogens is 205 g/mol. The Kier molecular flexibility index (Phi) is 3.22. The van der Waals surface area contributed by atoms with E-state index in [1.807, 2.05) is 0 Å². The third-order valence-electron chi connectivity index (χ3n) is 3.13. The molecule has 0 spiro atoms. The first-order valence-corrected chi connectivity index (χ1v) is 5.74. The van der Waals surface area contributed by atoms with E-state index >= 15 is 0 Å². The fourth-order valence-electron chi connectivity index (χ4n) is 2.41. The summed E-state index contributed by atoms with van der Waals surface area (Å²) in [5, 5.41) is 0. The molecule has 0 bridgehead atoms. The molecule has 1 fully saturated rings. The molecule has 0 heterocycles. The molecule has 3 heteroatoms. The Morgan fingerprint density at radius 3 is 2.31 bits per heavy atom. The number of hydrogen-bond donors (Lipinski definition) is 0. The second-order valence-corrected chi connectivity index (χ2v) is 4.30. The molecule has 0 unspecified atom stereocenters. The maximum absolute atomic E-state index is 12.8. The molecule has 1 amide bonds. The predicted molar refractivity (Wildman–Crippen MR) is 61.8 cm³/mol. The van der Waals surface area contributed by atoms with E-state index in [2.05, 4.69) is 0 Å². The van der Waals surface area contributed by atoms with Crippen LogP contribution in [0.5, 0.6) is 0 Å². The number of hydrogen-bond acceptors (Lipinski definition) is 1. The molecular formula is C13H16FNO. The highest BCUT2D eigenvalue weighted by Gasteiger charge is 2.25. The predicted octanol–water partition coefficient (Wildman–Crippen LogP) is 3.12. The number of halogens is 1. The highest BCUT2D eigenvalue weighted by molar-refractivity contribution is 5.92. The first-order chi connectivity index (χ1) is 7.68. The SMILES string of the molecule is CC(=O)N(c1ccc(F)cc1)C1CCCC1. The highest BCUT2D eigenvalue weighted by Crippen LogP contribution is 2.28. The van der Waals surface area contributed by atoms with Crippen molar-refractivity contribution >= 4 is 11.6 Å². The number of anilines is 1. The molecule has 16 heavy (non-hydrogen) atoms. The number of carbonyl (C=O) groups excluding carboxylic acids is 1. The van der Waals surface area contributed by atoms with Crippen molar-refractivity contribution in [3.8, 4) is 0 Å². The van der Waals surface area contributed by atoms with Gasteiger partial charge in [0.1, 0.15) is 5.82 Å². The first kappa shape index (κ1) is 11.1. The van der Waals surface area contributed by atoms with Crippen LogP contribution in [-0.4, -0.2) is 11.9 Å². The van der Waals surface area contributed by atoms with Crippen LogP contribution in [-0.2, 0) is 4.79 Å². The lowest BCUT2D eigenvalue weighted by molar-refractivity contribution is -0.117. The van der Waals surface area contributed by atoms with Crippen molar-refractivity contribution in [2.75, 3.05) is 4.90 Å². The van der Waals surface area contributed by atoms with Gasteiger partial charge in [-0.3, -0.25) is 4.79 Å². The van der Waals surface area contributed by atoms with E-state index in [0.717, 1.165) is 18.5 Å². The van der Waals surface area contributed by atoms with Gasteiger partial charge in [0.15, 0.2) is 0 Å². The van der Waals surface area contributed by atoms with Gasteiger partial charge in [-0.25, -0.2) is 4.39 Å². The second-order valence-electron chi connectivity index (χ2n) is 4.30. The topological polar surface area (TPSA) is 20.3 Å². The quantitative estimate of drug-likeness (QED) is 0.751. The van der Waals surface area contributed by atoms with Crippen LogP contribution in [0, 0.1) is 5.82 Å². The smallest absolute Gasteiger partial charge is 0.224 e. The van der Waals surface area contributed by atoms with Crippen molar-refractivity contribution in [1.29, 1.82) is 0 Å². The van der Waals surface area contributed by atoms with Crippen LogP contribution < -0.4 is 4.90 Å². The molecule has 0 saturated heterocycles. The molecule has 1 aromatic carbocycles. The number of rotatable bonds is 2. The van der Waals surface area contributed by atoms with Crippen LogP contribution in [0.3, 0.4) is 0 Å². The van der Waals surface area contributed by atoms with E-state index in [9.17, 15) is 9.18 Å². The van der Waals surface area contributed by atoms with Gasteiger partial charge < -0.3 is 4.90 Å². The van der Waals surface area contributed by atoms with Crippen molar-refractivity contribution in [3.63, 3.8) is 0 Å². The van der Waals surface area contributed by atoms with Gasteiger partial charge in [0.25, 0.3) is 0 Å². The number of benzene rings is 1. The molecule has 0 N–H and O–H groups in total.